The standard InChI is InChI=1S/C15H18N4O/c1-10-6-7-13(14(17)20)15(18-10)19(2)9-11-4-3-5-12(16)8-11/h3-8H,9,16H2,1-2H3,(H2,17,20). The third-order valence-corrected chi connectivity index (χ3v) is 3.01. The van der Waals surface area contributed by atoms with Crippen molar-refractivity contribution >= 4 is 17.4 Å². The number of nitrogen functional groups attached to an aromatic ring is 1. The van der Waals surface area contributed by atoms with Crippen LogP contribution in [0.15, 0.2) is 36.4 Å². The summed E-state index contributed by atoms with van der Waals surface area (Å²) in [6.07, 6.45) is 0. The summed E-state index contributed by atoms with van der Waals surface area (Å²) in [4.78, 5) is 17.8. The third kappa shape index (κ3) is 3.06. The highest BCUT2D eigenvalue weighted by molar-refractivity contribution is 5.97. The van der Waals surface area contributed by atoms with Crippen molar-refractivity contribution in [3.8, 4) is 0 Å². The van der Waals surface area contributed by atoms with E-state index in [1.807, 2.05) is 43.1 Å². The predicted molar refractivity (Wildman–Crippen MR) is 80.5 cm³/mol. The van der Waals surface area contributed by atoms with Gasteiger partial charge in [0.25, 0.3) is 5.91 Å². The summed E-state index contributed by atoms with van der Waals surface area (Å²) in [6, 6.07) is 11.1. The van der Waals surface area contributed by atoms with E-state index in [1.54, 1.807) is 12.1 Å². The van der Waals surface area contributed by atoms with E-state index in [0.29, 0.717) is 23.6 Å². The molecule has 0 spiro atoms. The Hall–Kier alpha value is -2.56. The largest absolute Gasteiger partial charge is 0.399 e. The van der Waals surface area contributed by atoms with Crippen LogP contribution in [0.5, 0.6) is 0 Å². The zero-order valence-corrected chi connectivity index (χ0v) is 11.6. The van der Waals surface area contributed by atoms with Crippen molar-refractivity contribution in [3.05, 3.63) is 53.2 Å². The van der Waals surface area contributed by atoms with Gasteiger partial charge in [-0.25, -0.2) is 4.98 Å². The van der Waals surface area contributed by atoms with Crippen molar-refractivity contribution < 1.29 is 4.79 Å². The number of hydrogen-bond donors (Lipinski definition) is 2. The molecule has 0 fully saturated rings. The molecular formula is C15H18N4O. The number of primary amides is 1. The summed E-state index contributed by atoms with van der Waals surface area (Å²) < 4.78 is 0. The molecule has 0 aliphatic heterocycles. The van der Waals surface area contributed by atoms with Crippen LogP contribution in [0.3, 0.4) is 0 Å². The van der Waals surface area contributed by atoms with Gasteiger partial charge >= 0.3 is 0 Å². The number of nitrogens with two attached hydrogens (primary N) is 2. The summed E-state index contributed by atoms with van der Waals surface area (Å²) in [6.45, 7) is 2.48. The Morgan fingerprint density at radius 3 is 2.70 bits per heavy atom. The first-order valence-electron chi connectivity index (χ1n) is 6.30. The van der Waals surface area contributed by atoms with E-state index in [0.717, 1.165) is 11.3 Å². The topological polar surface area (TPSA) is 85.2 Å². The lowest BCUT2D eigenvalue weighted by Crippen LogP contribution is -2.23. The maximum Gasteiger partial charge on any atom is 0.252 e. The first-order valence-corrected chi connectivity index (χ1v) is 6.30. The molecule has 1 aromatic heterocycles. The number of pyridine rings is 1. The molecule has 2 aromatic rings. The number of aryl methyl sites for hydroxylation is 1. The van der Waals surface area contributed by atoms with E-state index < -0.39 is 5.91 Å². The lowest BCUT2D eigenvalue weighted by Gasteiger charge is -2.21. The molecule has 1 heterocycles. The van der Waals surface area contributed by atoms with Crippen LogP contribution < -0.4 is 16.4 Å². The summed E-state index contributed by atoms with van der Waals surface area (Å²) in [5.41, 5.74) is 14.2. The fourth-order valence-electron chi connectivity index (χ4n) is 2.07. The smallest absolute Gasteiger partial charge is 0.252 e. The SMILES string of the molecule is Cc1ccc(C(N)=O)c(N(C)Cc2cccc(N)c2)n1. The molecule has 0 aliphatic carbocycles. The normalized spacial score (nSPS) is 10.3. The second-order valence-corrected chi connectivity index (χ2v) is 4.79. The lowest BCUT2D eigenvalue weighted by atomic mass is 10.1. The molecule has 0 saturated carbocycles. The third-order valence-electron chi connectivity index (χ3n) is 3.01. The van der Waals surface area contributed by atoms with Gasteiger partial charge in [0.15, 0.2) is 0 Å². The monoisotopic (exact) mass is 270 g/mol. The molecule has 4 N–H and O–H groups in total. The average Bonchev–Trinajstić information content (AvgIpc) is 2.38. The number of rotatable bonds is 4. The van der Waals surface area contributed by atoms with Crippen LogP contribution in [0.25, 0.3) is 0 Å². The van der Waals surface area contributed by atoms with Gasteiger partial charge in [-0.2, -0.15) is 0 Å². The molecule has 2 rings (SSSR count). The predicted octanol–water partition coefficient (Wildman–Crippen LogP) is 1.71. The number of anilines is 2. The Labute approximate surface area is 118 Å². The fourth-order valence-corrected chi connectivity index (χ4v) is 2.07. The Balaban J connectivity index is 2.31. The second-order valence-electron chi connectivity index (χ2n) is 4.79. The Morgan fingerprint density at radius 1 is 1.30 bits per heavy atom. The van der Waals surface area contributed by atoms with Crippen LogP contribution in [-0.2, 0) is 6.54 Å². The molecule has 0 radical (unpaired) electrons. The lowest BCUT2D eigenvalue weighted by molar-refractivity contribution is 0.100. The summed E-state index contributed by atoms with van der Waals surface area (Å²) in [5.74, 6) is 0.104. The molecule has 0 unspecified atom stereocenters. The molecule has 0 atom stereocenters. The second kappa shape index (κ2) is 5.61. The van der Waals surface area contributed by atoms with E-state index in [2.05, 4.69) is 4.98 Å². The van der Waals surface area contributed by atoms with Gasteiger partial charge in [0, 0.05) is 25.0 Å². The quantitative estimate of drug-likeness (QED) is 0.828. The van der Waals surface area contributed by atoms with Crippen LogP contribution in [-0.4, -0.2) is 17.9 Å². The zero-order valence-electron chi connectivity index (χ0n) is 11.6. The Morgan fingerprint density at radius 2 is 2.05 bits per heavy atom. The first kappa shape index (κ1) is 13.9. The van der Waals surface area contributed by atoms with Crippen LogP contribution in [0.4, 0.5) is 11.5 Å². The Kier molecular flexibility index (Phi) is 3.89. The highest BCUT2D eigenvalue weighted by atomic mass is 16.1. The number of carbonyl (C=O) groups excluding carboxylic acids is 1. The van der Waals surface area contributed by atoms with Crippen molar-refractivity contribution in [2.45, 2.75) is 13.5 Å². The molecule has 0 saturated heterocycles. The fraction of sp³-hybridized carbons (Fsp3) is 0.200. The molecule has 1 amide bonds. The van der Waals surface area contributed by atoms with Crippen molar-refractivity contribution in [1.29, 1.82) is 0 Å². The van der Waals surface area contributed by atoms with E-state index in [9.17, 15) is 4.79 Å². The van der Waals surface area contributed by atoms with E-state index in [1.165, 1.54) is 0 Å². The van der Waals surface area contributed by atoms with Gasteiger partial charge in [-0.15, -0.1) is 0 Å². The van der Waals surface area contributed by atoms with Crippen LogP contribution >= 0.6 is 0 Å². The molecule has 5 nitrogen and oxygen atoms in total. The number of nitrogens with zero attached hydrogens (tertiary/aromatic N) is 2. The molecule has 20 heavy (non-hydrogen) atoms. The number of carbonyl (C=O) groups is 1. The minimum absolute atomic E-state index is 0.419. The van der Waals surface area contributed by atoms with Gasteiger partial charge in [-0.1, -0.05) is 12.1 Å². The maximum atomic E-state index is 11.5. The highest BCUT2D eigenvalue weighted by Crippen LogP contribution is 2.19. The van der Waals surface area contributed by atoms with Gasteiger partial charge in [-0.05, 0) is 36.8 Å². The summed E-state index contributed by atoms with van der Waals surface area (Å²) >= 11 is 0. The van der Waals surface area contributed by atoms with Gasteiger partial charge in [0.1, 0.15) is 5.82 Å². The Bertz CT molecular complexity index is 640. The van der Waals surface area contributed by atoms with Gasteiger partial charge in [0.2, 0.25) is 0 Å². The molecule has 5 heteroatoms. The van der Waals surface area contributed by atoms with Gasteiger partial charge < -0.3 is 16.4 Å². The van der Waals surface area contributed by atoms with Crippen molar-refractivity contribution in [2.24, 2.45) is 5.73 Å². The minimum Gasteiger partial charge on any atom is -0.399 e. The maximum absolute atomic E-state index is 11.5. The average molecular weight is 270 g/mol. The molecule has 1 aromatic carbocycles. The number of amides is 1. The molecule has 0 bridgehead atoms. The summed E-state index contributed by atoms with van der Waals surface area (Å²) in [7, 11) is 1.87. The summed E-state index contributed by atoms with van der Waals surface area (Å²) in [5, 5.41) is 0. The van der Waals surface area contributed by atoms with Crippen LogP contribution in [0.2, 0.25) is 0 Å². The van der Waals surface area contributed by atoms with Crippen molar-refractivity contribution in [3.63, 3.8) is 0 Å². The first-order chi connectivity index (χ1) is 9.47. The van der Waals surface area contributed by atoms with E-state index in [4.69, 9.17) is 11.5 Å². The van der Waals surface area contributed by atoms with E-state index >= 15 is 0 Å². The van der Waals surface area contributed by atoms with Crippen LogP contribution in [0, 0.1) is 6.92 Å². The number of benzene rings is 1. The van der Waals surface area contributed by atoms with Crippen molar-refractivity contribution in [2.75, 3.05) is 17.7 Å². The zero-order chi connectivity index (χ0) is 14.7. The van der Waals surface area contributed by atoms with Crippen molar-refractivity contribution in [1.82, 2.24) is 4.98 Å². The minimum atomic E-state index is -0.480. The number of aromatic nitrogens is 1. The molecule has 104 valence electrons. The van der Waals surface area contributed by atoms with Crippen LogP contribution in [0.1, 0.15) is 21.6 Å². The van der Waals surface area contributed by atoms with E-state index in [-0.39, 0.29) is 0 Å². The molecular weight excluding hydrogens is 252 g/mol. The molecule has 0 aliphatic rings. The van der Waals surface area contributed by atoms with Gasteiger partial charge in [-0.3, -0.25) is 4.79 Å². The van der Waals surface area contributed by atoms with Gasteiger partial charge in [0.05, 0.1) is 5.56 Å². The highest BCUT2D eigenvalue weighted by Gasteiger charge is 2.14. The number of hydrogen-bond acceptors (Lipinski definition) is 4.